The lowest BCUT2D eigenvalue weighted by atomic mass is 10.2. The fraction of sp³-hybridized carbons (Fsp3) is 0.294. The highest BCUT2D eigenvalue weighted by Gasteiger charge is 2.26. The molecule has 0 atom stereocenters. The SMILES string of the molecule is Cc1nc(NC(=O)NS(=O)(=O)c2ccccc2C(=O)N(C)C)nc2c1CCO2. The summed E-state index contributed by atoms with van der Waals surface area (Å²) in [5.41, 5.74) is 1.45. The van der Waals surface area contributed by atoms with Gasteiger partial charge < -0.3 is 9.64 Å². The van der Waals surface area contributed by atoms with Crippen molar-refractivity contribution in [1.29, 1.82) is 0 Å². The van der Waals surface area contributed by atoms with Gasteiger partial charge in [0.05, 0.1) is 17.9 Å². The number of nitrogens with one attached hydrogen (secondary N) is 2. The standard InChI is InChI=1S/C17H19N5O5S/c1-10-11-8-9-27-14(11)19-16(18-10)20-17(24)21-28(25,26)13-7-5-4-6-12(13)15(23)22(2)3/h4-7H,8-9H2,1-3H3,(H2,18,19,20,21,24). The summed E-state index contributed by atoms with van der Waals surface area (Å²) in [6.07, 6.45) is 0.679. The minimum absolute atomic E-state index is 0.0502. The maximum Gasteiger partial charge on any atom is 0.335 e. The molecule has 28 heavy (non-hydrogen) atoms. The van der Waals surface area contributed by atoms with E-state index in [1.165, 1.54) is 43.3 Å². The van der Waals surface area contributed by atoms with Crippen LogP contribution in [0.5, 0.6) is 5.88 Å². The van der Waals surface area contributed by atoms with Crippen molar-refractivity contribution in [1.82, 2.24) is 19.6 Å². The van der Waals surface area contributed by atoms with Crippen molar-refractivity contribution < 1.29 is 22.7 Å². The Labute approximate surface area is 162 Å². The molecule has 0 aliphatic carbocycles. The predicted molar refractivity (Wildman–Crippen MR) is 99.8 cm³/mol. The first-order valence-electron chi connectivity index (χ1n) is 8.34. The molecule has 0 fully saturated rings. The van der Waals surface area contributed by atoms with Crippen LogP contribution >= 0.6 is 0 Å². The van der Waals surface area contributed by atoms with E-state index in [-0.39, 0.29) is 16.4 Å². The molecule has 0 saturated heterocycles. The van der Waals surface area contributed by atoms with Crippen LogP contribution in [0.3, 0.4) is 0 Å². The highest BCUT2D eigenvalue weighted by molar-refractivity contribution is 7.90. The molecule has 3 rings (SSSR count). The van der Waals surface area contributed by atoms with Gasteiger partial charge in [-0.15, -0.1) is 0 Å². The number of nitrogens with zero attached hydrogens (tertiary/aromatic N) is 3. The smallest absolute Gasteiger partial charge is 0.335 e. The summed E-state index contributed by atoms with van der Waals surface area (Å²) in [4.78, 5) is 33.6. The summed E-state index contributed by atoms with van der Waals surface area (Å²) >= 11 is 0. The van der Waals surface area contributed by atoms with Crippen molar-refractivity contribution in [3.8, 4) is 5.88 Å². The Balaban J connectivity index is 1.81. The zero-order chi connectivity index (χ0) is 20.5. The highest BCUT2D eigenvalue weighted by atomic mass is 32.2. The molecule has 1 aromatic carbocycles. The van der Waals surface area contributed by atoms with E-state index >= 15 is 0 Å². The van der Waals surface area contributed by atoms with Gasteiger partial charge in [0.1, 0.15) is 4.90 Å². The van der Waals surface area contributed by atoms with Gasteiger partial charge in [0.25, 0.3) is 15.9 Å². The molecule has 2 aromatic rings. The molecule has 11 heteroatoms. The lowest BCUT2D eigenvalue weighted by molar-refractivity contribution is 0.0824. The molecule has 0 radical (unpaired) electrons. The van der Waals surface area contributed by atoms with Crippen LogP contribution in [0.25, 0.3) is 0 Å². The number of fused-ring (bicyclic) bond motifs is 1. The van der Waals surface area contributed by atoms with Gasteiger partial charge in [-0.25, -0.2) is 22.9 Å². The first-order chi connectivity index (χ1) is 13.2. The van der Waals surface area contributed by atoms with Gasteiger partial charge in [0.15, 0.2) is 0 Å². The number of urea groups is 1. The highest BCUT2D eigenvalue weighted by Crippen LogP contribution is 2.26. The minimum atomic E-state index is -4.31. The first kappa shape index (κ1) is 19.5. The van der Waals surface area contributed by atoms with Crippen molar-refractivity contribution in [2.45, 2.75) is 18.2 Å². The number of carbonyl (C=O) groups is 2. The molecule has 2 heterocycles. The maximum absolute atomic E-state index is 12.6. The molecule has 1 aliphatic heterocycles. The lowest BCUT2D eigenvalue weighted by Crippen LogP contribution is -2.36. The second kappa shape index (κ2) is 7.43. The maximum atomic E-state index is 12.6. The summed E-state index contributed by atoms with van der Waals surface area (Å²) < 4.78 is 32.5. The fourth-order valence-electron chi connectivity index (χ4n) is 2.71. The van der Waals surface area contributed by atoms with E-state index in [2.05, 4.69) is 15.3 Å². The molecule has 0 unspecified atom stereocenters. The number of hydrogen-bond donors (Lipinski definition) is 2. The van der Waals surface area contributed by atoms with E-state index in [0.717, 1.165) is 5.56 Å². The van der Waals surface area contributed by atoms with Crippen LogP contribution in [0, 0.1) is 6.92 Å². The number of sulfonamides is 1. The third kappa shape index (κ3) is 3.88. The molecule has 10 nitrogen and oxygen atoms in total. The Bertz CT molecular complexity index is 1050. The van der Waals surface area contributed by atoms with E-state index in [4.69, 9.17) is 4.74 Å². The largest absolute Gasteiger partial charge is 0.477 e. The van der Waals surface area contributed by atoms with Gasteiger partial charge in [-0.3, -0.25) is 10.1 Å². The van der Waals surface area contributed by atoms with E-state index < -0.39 is 22.0 Å². The van der Waals surface area contributed by atoms with Crippen LogP contribution in [0.1, 0.15) is 21.6 Å². The summed E-state index contributed by atoms with van der Waals surface area (Å²) in [5, 5.41) is 2.28. The Morgan fingerprint density at radius 1 is 1.18 bits per heavy atom. The third-order valence-electron chi connectivity index (χ3n) is 4.03. The molecule has 1 aromatic heterocycles. The van der Waals surface area contributed by atoms with Gasteiger partial charge in [-0.2, -0.15) is 4.98 Å². The second-order valence-corrected chi connectivity index (χ2v) is 7.92. The van der Waals surface area contributed by atoms with Crippen LogP contribution < -0.4 is 14.8 Å². The van der Waals surface area contributed by atoms with Gasteiger partial charge in [0, 0.05) is 26.1 Å². The normalized spacial score (nSPS) is 12.7. The monoisotopic (exact) mass is 405 g/mol. The minimum Gasteiger partial charge on any atom is -0.477 e. The number of benzene rings is 1. The average Bonchev–Trinajstić information content (AvgIpc) is 3.09. The van der Waals surface area contributed by atoms with Crippen molar-refractivity contribution in [3.63, 3.8) is 0 Å². The van der Waals surface area contributed by atoms with Crippen molar-refractivity contribution in [2.75, 3.05) is 26.0 Å². The number of rotatable bonds is 4. The Morgan fingerprint density at radius 2 is 1.89 bits per heavy atom. The number of aromatic nitrogens is 2. The molecule has 148 valence electrons. The summed E-state index contributed by atoms with van der Waals surface area (Å²) in [7, 11) is -1.30. The first-order valence-corrected chi connectivity index (χ1v) is 9.82. The quantitative estimate of drug-likeness (QED) is 0.774. The number of amides is 3. The number of aryl methyl sites for hydroxylation is 1. The van der Waals surface area contributed by atoms with E-state index in [0.29, 0.717) is 24.6 Å². The molecular weight excluding hydrogens is 386 g/mol. The Hall–Kier alpha value is -3.21. The summed E-state index contributed by atoms with van der Waals surface area (Å²) in [6, 6.07) is 4.57. The molecule has 0 saturated carbocycles. The topological polar surface area (TPSA) is 131 Å². The molecule has 3 amide bonds. The predicted octanol–water partition coefficient (Wildman–Crippen LogP) is 0.932. The van der Waals surface area contributed by atoms with Crippen molar-refractivity contribution in [2.24, 2.45) is 0 Å². The lowest BCUT2D eigenvalue weighted by Gasteiger charge is -2.15. The average molecular weight is 405 g/mol. The zero-order valence-electron chi connectivity index (χ0n) is 15.5. The van der Waals surface area contributed by atoms with Crippen LogP contribution in [-0.4, -0.2) is 55.9 Å². The van der Waals surface area contributed by atoms with Crippen LogP contribution in [0.4, 0.5) is 10.7 Å². The van der Waals surface area contributed by atoms with Crippen LogP contribution in [-0.2, 0) is 16.4 Å². The molecule has 2 N–H and O–H groups in total. The van der Waals surface area contributed by atoms with Crippen molar-refractivity contribution in [3.05, 3.63) is 41.1 Å². The van der Waals surface area contributed by atoms with Crippen LogP contribution in [0.15, 0.2) is 29.2 Å². The van der Waals surface area contributed by atoms with E-state index in [1.807, 2.05) is 4.72 Å². The fourth-order valence-corrected chi connectivity index (χ4v) is 3.81. The van der Waals surface area contributed by atoms with Gasteiger partial charge in [-0.1, -0.05) is 12.1 Å². The molecule has 0 bridgehead atoms. The van der Waals surface area contributed by atoms with Gasteiger partial charge in [0.2, 0.25) is 11.8 Å². The third-order valence-corrected chi connectivity index (χ3v) is 5.42. The number of ether oxygens (including phenoxy) is 1. The molecule has 0 spiro atoms. The summed E-state index contributed by atoms with van der Waals surface area (Å²) in [5.74, 6) is -0.216. The Morgan fingerprint density at radius 3 is 2.61 bits per heavy atom. The summed E-state index contributed by atoms with van der Waals surface area (Å²) in [6.45, 7) is 2.23. The Kier molecular flexibility index (Phi) is 5.18. The zero-order valence-corrected chi connectivity index (χ0v) is 16.3. The van der Waals surface area contributed by atoms with E-state index in [1.54, 1.807) is 6.92 Å². The van der Waals surface area contributed by atoms with E-state index in [9.17, 15) is 18.0 Å². The number of carbonyl (C=O) groups excluding carboxylic acids is 2. The van der Waals surface area contributed by atoms with Gasteiger partial charge in [-0.05, 0) is 19.1 Å². The second-order valence-electron chi connectivity index (χ2n) is 6.27. The molecular formula is C17H19N5O5S. The van der Waals surface area contributed by atoms with Gasteiger partial charge >= 0.3 is 6.03 Å². The molecule has 1 aliphatic rings. The number of hydrogen-bond acceptors (Lipinski definition) is 7. The van der Waals surface area contributed by atoms with Crippen molar-refractivity contribution >= 4 is 27.9 Å². The van der Waals surface area contributed by atoms with Crippen LogP contribution in [0.2, 0.25) is 0 Å². The number of anilines is 1.